The lowest BCUT2D eigenvalue weighted by atomic mass is 9.43. The summed E-state index contributed by atoms with van der Waals surface area (Å²) in [5, 5.41) is 0. The molecular formula is C76H71N. The van der Waals surface area contributed by atoms with E-state index in [0.29, 0.717) is 11.8 Å². The molecule has 0 N–H and O–H groups in total. The molecule has 0 atom stereocenters. The van der Waals surface area contributed by atoms with Crippen LogP contribution in [0.3, 0.4) is 0 Å². The first-order valence-corrected chi connectivity index (χ1v) is 29.0. The van der Waals surface area contributed by atoms with Gasteiger partial charge in [-0.2, -0.15) is 0 Å². The lowest BCUT2D eigenvalue weighted by Crippen LogP contribution is -2.55. The van der Waals surface area contributed by atoms with Crippen LogP contribution in [-0.4, -0.2) is 0 Å². The molecule has 0 amide bonds. The van der Waals surface area contributed by atoms with Crippen molar-refractivity contribution >= 4 is 17.1 Å². The molecule has 0 aromatic heterocycles. The minimum Gasteiger partial charge on any atom is -0.310 e. The maximum absolute atomic E-state index is 2.69. The van der Waals surface area contributed by atoms with Crippen molar-refractivity contribution in [3.63, 3.8) is 0 Å². The Morgan fingerprint density at radius 2 is 0.818 bits per heavy atom. The third-order valence-corrected chi connectivity index (χ3v) is 20.4. The van der Waals surface area contributed by atoms with Crippen LogP contribution < -0.4 is 4.90 Å². The summed E-state index contributed by atoms with van der Waals surface area (Å²) in [6, 6.07) is 78.9. The number of fused-ring (bicyclic) bond motifs is 9. The summed E-state index contributed by atoms with van der Waals surface area (Å²) in [5.74, 6) is 3.10. The molecule has 0 heterocycles. The van der Waals surface area contributed by atoms with E-state index in [0.717, 1.165) is 11.8 Å². The van der Waals surface area contributed by atoms with Gasteiger partial charge in [0.1, 0.15) is 0 Å². The van der Waals surface area contributed by atoms with Gasteiger partial charge in [0.05, 0.1) is 5.41 Å². The van der Waals surface area contributed by atoms with Gasteiger partial charge in [-0.05, 0) is 203 Å². The lowest BCUT2D eigenvalue weighted by molar-refractivity contribution is -0.0399. The summed E-state index contributed by atoms with van der Waals surface area (Å²) < 4.78 is 0. The maximum Gasteiger partial charge on any atom is 0.0714 e. The van der Waals surface area contributed by atoms with Crippen molar-refractivity contribution in [2.45, 2.75) is 115 Å². The van der Waals surface area contributed by atoms with Crippen LogP contribution in [-0.2, 0) is 27.1 Å². The Morgan fingerprint density at radius 3 is 1.43 bits per heavy atom. The molecule has 7 aliphatic rings. The fourth-order valence-electron chi connectivity index (χ4n) is 17.3. The van der Waals surface area contributed by atoms with Crippen molar-refractivity contribution < 1.29 is 0 Å². The van der Waals surface area contributed by atoms with E-state index in [4.69, 9.17) is 0 Å². The van der Waals surface area contributed by atoms with E-state index in [-0.39, 0.29) is 21.7 Å². The predicted molar refractivity (Wildman–Crippen MR) is 322 cm³/mol. The Labute approximate surface area is 458 Å². The largest absolute Gasteiger partial charge is 0.310 e. The highest BCUT2D eigenvalue weighted by molar-refractivity contribution is 5.93. The van der Waals surface area contributed by atoms with Crippen LogP contribution in [0.15, 0.2) is 200 Å². The third-order valence-electron chi connectivity index (χ3n) is 20.4. The average molecular weight is 998 g/mol. The van der Waals surface area contributed by atoms with Crippen LogP contribution in [0.4, 0.5) is 17.1 Å². The van der Waals surface area contributed by atoms with E-state index in [1.807, 2.05) is 0 Å². The second kappa shape index (κ2) is 16.4. The first-order valence-electron chi connectivity index (χ1n) is 29.0. The van der Waals surface area contributed by atoms with E-state index in [2.05, 4.69) is 260 Å². The second-order valence-electron chi connectivity index (χ2n) is 26.9. The fourth-order valence-corrected chi connectivity index (χ4v) is 17.3. The van der Waals surface area contributed by atoms with Crippen molar-refractivity contribution in [3.05, 3.63) is 256 Å². The molecule has 0 radical (unpaired) electrons. The number of nitrogens with zero attached hydrogens (tertiary/aromatic N) is 1. The Bertz CT molecular complexity index is 3820. The molecule has 9 aromatic carbocycles. The Morgan fingerprint density at radius 1 is 0.364 bits per heavy atom. The summed E-state index contributed by atoms with van der Waals surface area (Å²) in [6.07, 6.45) is 6.88. The molecule has 1 spiro atoms. The third kappa shape index (κ3) is 6.59. The van der Waals surface area contributed by atoms with Crippen LogP contribution in [0.1, 0.15) is 143 Å². The monoisotopic (exact) mass is 998 g/mol. The van der Waals surface area contributed by atoms with Crippen molar-refractivity contribution in [3.8, 4) is 44.5 Å². The number of rotatable bonds is 6. The van der Waals surface area contributed by atoms with Gasteiger partial charge in [0.25, 0.3) is 0 Å². The highest BCUT2D eigenvalue weighted by atomic mass is 15.1. The molecule has 0 aliphatic heterocycles. The molecule has 1 nitrogen and oxygen atoms in total. The molecule has 1 heteroatoms. The topological polar surface area (TPSA) is 3.24 Å². The molecule has 4 saturated carbocycles. The van der Waals surface area contributed by atoms with Crippen molar-refractivity contribution in [2.24, 2.45) is 23.7 Å². The van der Waals surface area contributed by atoms with E-state index < -0.39 is 5.41 Å². The normalized spacial score (nSPS) is 22.3. The van der Waals surface area contributed by atoms with Crippen LogP contribution in [0.5, 0.6) is 0 Å². The van der Waals surface area contributed by atoms with E-state index in [9.17, 15) is 0 Å². The minimum atomic E-state index is -0.590. The zero-order chi connectivity index (χ0) is 52.4. The van der Waals surface area contributed by atoms with Crippen LogP contribution >= 0.6 is 0 Å². The molecule has 77 heavy (non-hydrogen) atoms. The second-order valence-corrected chi connectivity index (χ2v) is 26.9. The molecule has 380 valence electrons. The predicted octanol–water partition coefficient (Wildman–Crippen LogP) is 19.8. The molecule has 4 fully saturated rings. The molecule has 0 unspecified atom stereocenters. The van der Waals surface area contributed by atoms with E-state index in [1.165, 1.54) is 138 Å². The summed E-state index contributed by atoms with van der Waals surface area (Å²) in [4.78, 5) is 2.64. The van der Waals surface area contributed by atoms with Gasteiger partial charge in [-0.3, -0.25) is 0 Å². The van der Waals surface area contributed by atoms with Gasteiger partial charge >= 0.3 is 0 Å². The first-order chi connectivity index (χ1) is 37.1. The zero-order valence-corrected chi connectivity index (χ0v) is 46.3. The molecular weight excluding hydrogens is 927 g/mol. The van der Waals surface area contributed by atoms with Gasteiger partial charge in [-0.15, -0.1) is 0 Å². The molecule has 9 aromatic rings. The first kappa shape index (κ1) is 47.0. The number of hydrogen-bond donors (Lipinski definition) is 0. The molecule has 16 rings (SSSR count). The smallest absolute Gasteiger partial charge is 0.0714 e. The standard InChI is InChI=1S/C76H71N/c1-72(2,3)50-20-16-22-52(43-50)75(53-23-17-21-51(44-53)73(4,5)6)67-31-13-10-25-60(67)63-35-33-57(45-69(63)75)77(56-24-15-19-49(42-56)59-28-18-29-65-62-27-9-12-30-66(62)74(7,8)71(59)65)58-34-36-64-61-26-11-14-32-68(61)76(70(64)46-58)54-38-47-37-48(40-54)41-55(76)39-47/h9-36,42-48,54-55H,37-41H2,1-8H3. The highest BCUT2D eigenvalue weighted by Crippen LogP contribution is 2.70. The van der Waals surface area contributed by atoms with Crippen molar-refractivity contribution in [1.82, 2.24) is 0 Å². The quantitative estimate of drug-likeness (QED) is 0.160. The number of benzene rings is 9. The van der Waals surface area contributed by atoms with Crippen molar-refractivity contribution in [1.29, 1.82) is 0 Å². The summed E-state index contributed by atoms with van der Waals surface area (Å²) >= 11 is 0. The molecule has 7 aliphatic carbocycles. The summed E-state index contributed by atoms with van der Waals surface area (Å²) in [7, 11) is 0. The Hall–Kier alpha value is -7.22. The SMILES string of the molecule is CC(C)(C)c1cccc(C2(c3cccc(C(C)(C)C)c3)c3ccccc3-c3ccc(N(c4cccc(-c5cccc6c5C(C)(C)c5ccccc5-6)c4)c4ccc5c(c4)C4(c6ccccc6-5)C5CC6CC(C5)CC4C6)cc32)c1. The zero-order valence-electron chi connectivity index (χ0n) is 46.3. The summed E-state index contributed by atoms with van der Waals surface area (Å²) in [5.41, 5.74) is 27.6. The lowest BCUT2D eigenvalue weighted by Gasteiger charge is -2.61. The minimum absolute atomic E-state index is 0.0339. The van der Waals surface area contributed by atoms with Crippen LogP contribution in [0.2, 0.25) is 0 Å². The Kier molecular flexibility index (Phi) is 10.0. The number of hydrogen-bond acceptors (Lipinski definition) is 1. The fraction of sp³-hybridized carbons (Fsp3) is 0.289. The number of anilines is 3. The maximum atomic E-state index is 2.69. The van der Waals surface area contributed by atoms with Crippen LogP contribution in [0, 0.1) is 23.7 Å². The van der Waals surface area contributed by atoms with E-state index >= 15 is 0 Å². The van der Waals surface area contributed by atoms with Gasteiger partial charge in [0, 0.05) is 27.9 Å². The van der Waals surface area contributed by atoms with Gasteiger partial charge in [-0.25, -0.2) is 0 Å². The van der Waals surface area contributed by atoms with Gasteiger partial charge in [0.15, 0.2) is 0 Å². The average Bonchev–Trinajstić information content (AvgIpc) is 4.02. The van der Waals surface area contributed by atoms with E-state index in [1.54, 1.807) is 11.1 Å². The van der Waals surface area contributed by atoms with Gasteiger partial charge < -0.3 is 4.90 Å². The molecule has 0 saturated heterocycles. The van der Waals surface area contributed by atoms with Crippen molar-refractivity contribution in [2.75, 3.05) is 4.90 Å². The van der Waals surface area contributed by atoms with Gasteiger partial charge in [-0.1, -0.05) is 219 Å². The molecule has 4 bridgehead atoms. The van der Waals surface area contributed by atoms with Crippen LogP contribution in [0.25, 0.3) is 44.5 Å². The van der Waals surface area contributed by atoms with Gasteiger partial charge in [0.2, 0.25) is 0 Å². The Balaban J connectivity index is 0.992. The summed E-state index contributed by atoms with van der Waals surface area (Å²) in [6.45, 7) is 19.0. The highest BCUT2D eigenvalue weighted by Gasteiger charge is 2.61.